The summed E-state index contributed by atoms with van der Waals surface area (Å²) in [5.74, 6) is 0.103. The zero-order valence-corrected chi connectivity index (χ0v) is 17.0. The lowest BCUT2D eigenvalue weighted by atomic mass is 9.87. The van der Waals surface area contributed by atoms with Crippen molar-refractivity contribution in [2.24, 2.45) is 0 Å². The normalized spacial score (nSPS) is 13.5. The third-order valence-corrected chi connectivity index (χ3v) is 5.98. The summed E-state index contributed by atoms with van der Waals surface area (Å²) in [6, 6.07) is 18.7. The van der Waals surface area contributed by atoms with Crippen LogP contribution < -0.4 is 9.62 Å². The molecule has 0 unspecified atom stereocenters. The second-order valence-corrected chi connectivity index (χ2v) is 8.74. The van der Waals surface area contributed by atoms with Crippen molar-refractivity contribution >= 4 is 40.0 Å². The molecule has 138 valence electrons. The summed E-state index contributed by atoms with van der Waals surface area (Å²) in [6.45, 7) is 9.37. The van der Waals surface area contributed by atoms with Crippen molar-refractivity contribution in [2.75, 3.05) is 16.2 Å². The predicted octanol–water partition coefficient (Wildman–Crippen LogP) is 6.24. The minimum atomic E-state index is 0.103. The number of nitrogens with zero attached hydrogens (tertiary/aromatic N) is 1. The fourth-order valence-corrected chi connectivity index (χ4v) is 4.36. The first-order chi connectivity index (χ1) is 12.9. The topological polar surface area (TPSA) is 32.3 Å². The quantitative estimate of drug-likeness (QED) is 0.547. The summed E-state index contributed by atoms with van der Waals surface area (Å²) in [5, 5.41) is 2.19. The molecule has 3 nitrogen and oxygen atoms in total. The average molecular weight is 377 g/mol. The number of anilines is 2. The third kappa shape index (κ3) is 3.08. The van der Waals surface area contributed by atoms with Gasteiger partial charge in [0, 0.05) is 28.1 Å². The summed E-state index contributed by atoms with van der Waals surface area (Å²) in [7, 11) is 0. The molecule has 1 aliphatic heterocycles. The fraction of sp³-hybridized carbons (Fsp3) is 0.261. The lowest BCUT2D eigenvalue weighted by molar-refractivity contribution is 0.0994. The minimum absolute atomic E-state index is 0.103. The monoisotopic (exact) mass is 376 g/mol. The van der Waals surface area contributed by atoms with Crippen molar-refractivity contribution in [2.45, 2.75) is 38.0 Å². The number of amides is 1. The van der Waals surface area contributed by atoms with Gasteiger partial charge in [-0.1, -0.05) is 45.0 Å². The van der Waals surface area contributed by atoms with Crippen LogP contribution in [0.4, 0.5) is 11.4 Å². The van der Waals surface area contributed by atoms with Gasteiger partial charge in [-0.05, 0) is 65.6 Å². The first-order valence-electron chi connectivity index (χ1n) is 9.31. The van der Waals surface area contributed by atoms with E-state index in [1.54, 1.807) is 11.9 Å². The Kier molecular flexibility index (Phi) is 4.39. The van der Waals surface area contributed by atoms with E-state index in [4.69, 9.17) is 0 Å². The van der Waals surface area contributed by atoms with E-state index in [9.17, 15) is 4.79 Å². The van der Waals surface area contributed by atoms with Gasteiger partial charge in [0.1, 0.15) is 0 Å². The van der Waals surface area contributed by atoms with Crippen molar-refractivity contribution in [3.05, 3.63) is 65.7 Å². The molecule has 1 amide bonds. The molecule has 0 saturated heterocycles. The standard InChI is InChI=1S/C23H24N2OS/c1-5-25-19-12-13-20(17-10-7-11-18(21(17)19)22(25)26)27-24-16-9-6-8-15(14-16)23(2,3)4/h6-14,24H,5H2,1-4H3. The minimum Gasteiger partial charge on any atom is -0.326 e. The lowest BCUT2D eigenvalue weighted by Gasteiger charge is -2.20. The van der Waals surface area contributed by atoms with Gasteiger partial charge < -0.3 is 9.62 Å². The van der Waals surface area contributed by atoms with Gasteiger partial charge in [0.2, 0.25) is 0 Å². The molecule has 3 aromatic carbocycles. The van der Waals surface area contributed by atoms with Crippen molar-refractivity contribution in [3.63, 3.8) is 0 Å². The molecule has 3 aromatic rings. The number of carbonyl (C=O) groups is 1. The highest BCUT2D eigenvalue weighted by Gasteiger charge is 2.29. The smallest absolute Gasteiger partial charge is 0.258 e. The number of nitrogens with one attached hydrogen (secondary N) is 1. The molecule has 1 aliphatic rings. The molecule has 0 spiro atoms. The molecule has 0 atom stereocenters. The Hall–Kier alpha value is -2.46. The van der Waals surface area contributed by atoms with E-state index in [2.05, 4.69) is 68.0 Å². The summed E-state index contributed by atoms with van der Waals surface area (Å²) < 4.78 is 3.48. The Morgan fingerprint density at radius 2 is 1.81 bits per heavy atom. The molecular weight excluding hydrogens is 352 g/mol. The van der Waals surface area contributed by atoms with E-state index in [1.807, 2.05) is 24.0 Å². The molecule has 4 heteroatoms. The average Bonchev–Trinajstić information content (AvgIpc) is 2.94. The molecule has 0 aliphatic carbocycles. The lowest BCUT2D eigenvalue weighted by Crippen LogP contribution is -2.25. The van der Waals surface area contributed by atoms with E-state index < -0.39 is 0 Å². The Morgan fingerprint density at radius 1 is 1.04 bits per heavy atom. The maximum Gasteiger partial charge on any atom is 0.258 e. The fourth-order valence-electron chi connectivity index (χ4n) is 3.59. The maximum absolute atomic E-state index is 12.6. The van der Waals surface area contributed by atoms with Gasteiger partial charge in [-0.3, -0.25) is 4.79 Å². The summed E-state index contributed by atoms with van der Waals surface area (Å²) in [6.07, 6.45) is 0. The molecule has 0 aromatic heterocycles. The summed E-state index contributed by atoms with van der Waals surface area (Å²) in [5.41, 5.74) is 4.34. The number of hydrogen-bond acceptors (Lipinski definition) is 3. The van der Waals surface area contributed by atoms with Crippen LogP contribution in [0, 0.1) is 0 Å². The van der Waals surface area contributed by atoms with Crippen LogP contribution >= 0.6 is 11.9 Å². The second-order valence-electron chi connectivity index (χ2n) is 7.90. The largest absolute Gasteiger partial charge is 0.326 e. The van der Waals surface area contributed by atoms with Crippen molar-refractivity contribution < 1.29 is 4.79 Å². The molecule has 0 saturated carbocycles. The van der Waals surface area contributed by atoms with E-state index in [0.717, 1.165) is 32.6 Å². The van der Waals surface area contributed by atoms with Crippen LogP contribution in [0.25, 0.3) is 10.8 Å². The third-order valence-electron chi connectivity index (χ3n) is 5.07. The molecule has 0 radical (unpaired) electrons. The molecule has 27 heavy (non-hydrogen) atoms. The maximum atomic E-state index is 12.6. The van der Waals surface area contributed by atoms with Crippen LogP contribution in [0.15, 0.2) is 59.5 Å². The van der Waals surface area contributed by atoms with E-state index in [-0.39, 0.29) is 11.3 Å². The highest BCUT2D eigenvalue weighted by Crippen LogP contribution is 2.41. The van der Waals surface area contributed by atoms with Crippen LogP contribution in [0.5, 0.6) is 0 Å². The zero-order valence-electron chi connectivity index (χ0n) is 16.2. The van der Waals surface area contributed by atoms with E-state index >= 15 is 0 Å². The van der Waals surface area contributed by atoms with Gasteiger partial charge in [0.05, 0.1) is 5.69 Å². The Labute approximate surface area is 164 Å². The van der Waals surface area contributed by atoms with Gasteiger partial charge in [-0.25, -0.2) is 0 Å². The molecule has 1 N–H and O–H groups in total. The van der Waals surface area contributed by atoms with Gasteiger partial charge in [-0.15, -0.1) is 0 Å². The van der Waals surface area contributed by atoms with Gasteiger partial charge >= 0.3 is 0 Å². The van der Waals surface area contributed by atoms with Crippen molar-refractivity contribution in [1.29, 1.82) is 0 Å². The Bertz CT molecular complexity index is 1040. The Morgan fingerprint density at radius 3 is 2.56 bits per heavy atom. The van der Waals surface area contributed by atoms with Crippen molar-refractivity contribution in [1.82, 2.24) is 0 Å². The number of rotatable bonds is 4. The van der Waals surface area contributed by atoms with Gasteiger partial charge in [-0.2, -0.15) is 0 Å². The Balaban J connectivity index is 1.67. The van der Waals surface area contributed by atoms with E-state index in [0.29, 0.717) is 6.54 Å². The first kappa shape index (κ1) is 17.9. The molecule has 0 fully saturated rings. The first-order valence-corrected chi connectivity index (χ1v) is 10.1. The van der Waals surface area contributed by atoms with Gasteiger partial charge in [0.25, 0.3) is 5.91 Å². The predicted molar refractivity (Wildman–Crippen MR) is 116 cm³/mol. The molecule has 1 heterocycles. The summed E-state index contributed by atoms with van der Waals surface area (Å²) in [4.78, 5) is 15.6. The van der Waals surface area contributed by atoms with Crippen LogP contribution in [0.2, 0.25) is 0 Å². The molecule has 0 bridgehead atoms. The molecule has 4 rings (SSSR count). The number of hydrogen-bond donors (Lipinski definition) is 1. The summed E-state index contributed by atoms with van der Waals surface area (Å²) >= 11 is 1.60. The molecular formula is C23H24N2OS. The van der Waals surface area contributed by atoms with Crippen LogP contribution in [0.1, 0.15) is 43.6 Å². The number of benzene rings is 3. The SMILES string of the molecule is CCN1C(=O)c2cccc3c(SNc4cccc(C(C)(C)C)c4)ccc1c23. The zero-order chi connectivity index (χ0) is 19.2. The van der Waals surface area contributed by atoms with Gasteiger partial charge in [0.15, 0.2) is 0 Å². The van der Waals surface area contributed by atoms with Crippen LogP contribution in [-0.2, 0) is 5.41 Å². The van der Waals surface area contributed by atoms with Crippen LogP contribution in [-0.4, -0.2) is 12.5 Å². The number of carbonyl (C=O) groups excluding carboxylic acids is 1. The van der Waals surface area contributed by atoms with E-state index in [1.165, 1.54) is 5.56 Å². The van der Waals surface area contributed by atoms with Crippen molar-refractivity contribution in [3.8, 4) is 0 Å². The highest BCUT2D eigenvalue weighted by molar-refractivity contribution is 8.00. The highest BCUT2D eigenvalue weighted by atomic mass is 32.2. The van der Waals surface area contributed by atoms with Crippen LogP contribution in [0.3, 0.4) is 0 Å². The second kappa shape index (κ2) is 6.61.